The van der Waals surface area contributed by atoms with E-state index in [-0.39, 0.29) is 12.0 Å². The van der Waals surface area contributed by atoms with Gasteiger partial charge in [0.2, 0.25) is 0 Å². The van der Waals surface area contributed by atoms with Gasteiger partial charge in [0.1, 0.15) is 0 Å². The van der Waals surface area contributed by atoms with E-state index in [0.717, 1.165) is 19.3 Å². The van der Waals surface area contributed by atoms with E-state index in [4.69, 9.17) is 0 Å². The molecule has 0 unspecified atom stereocenters. The maximum atomic E-state index is 9.57. The van der Waals surface area contributed by atoms with Crippen LogP contribution in [0.25, 0.3) is 0 Å². The van der Waals surface area contributed by atoms with Crippen molar-refractivity contribution in [1.29, 1.82) is 0 Å². The molecule has 0 saturated carbocycles. The van der Waals surface area contributed by atoms with Crippen molar-refractivity contribution in [2.24, 2.45) is 5.92 Å². The van der Waals surface area contributed by atoms with E-state index in [1.807, 2.05) is 6.08 Å². The van der Waals surface area contributed by atoms with Crippen LogP contribution in [0, 0.1) is 17.8 Å². The zero-order chi connectivity index (χ0) is 9.52. The summed E-state index contributed by atoms with van der Waals surface area (Å²) in [6.07, 6.45) is 9.10. The molecule has 1 rings (SSSR count). The topological polar surface area (TPSA) is 20.2 Å². The molecule has 13 heavy (non-hydrogen) atoms. The summed E-state index contributed by atoms with van der Waals surface area (Å²) in [6.45, 7) is 2.16. The first kappa shape index (κ1) is 10.3. The van der Waals surface area contributed by atoms with Gasteiger partial charge in [-0.3, -0.25) is 0 Å². The van der Waals surface area contributed by atoms with Crippen molar-refractivity contribution in [1.82, 2.24) is 0 Å². The van der Waals surface area contributed by atoms with Gasteiger partial charge in [-0.15, -0.1) is 5.92 Å². The average molecular weight is 178 g/mol. The summed E-state index contributed by atoms with van der Waals surface area (Å²) < 4.78 is 0. The highest BCUT2D eigenvalue weighted by molar-refractivity contribution is 5.15. The van der Waals surface area contributed by atoms with E-state index in [1.54, 1.807) is 0 Å². The van der Waals surface area contributed by atoms with Gasteiger partial charge in [-0.25, -0.2) is 0 Å². The van der Waals surface area contributed by atoms with E-state index in [0.29, 0.717) is 0 Å². The van der Waals surface area contributed by atoms with Crippen molar-refractivity contribution in [3.05, 3.63) is 12.2 Å². The highest BCUT2D eigenvalue weighted by Gasteiger charge is 2.15. The number of hydrogen-bond acceptors (Lipinski definition) is 1. The Balaban J connectivity index is 2.36. The first-order valence-electron chi connectivity index (χ1n) is 5.17. The van der Waals surface area contributed by atoms with Gasteiger partial charge < -0.3 is 5.11 Å². The fourth-order valence-electron chi connectivity index (χ4n) is 1.42. The fourth-order valence-corrected chi connectivity index (χ4v) is 1.42. The lowest BCUT2D eigenvalue weighted by atomic mass is 9.93. The second kappa shape index (κ2) is 5.83. The van der Waals surface area contributed by atoms with Crippen LogP contribution in [0.1, 0.15) is 39.0 Å². The minimum Gasteiger partial charge on any atom is -0.391 e. The van der Waals surface area contributed by atoms with Gasteiger partial charge in [0.15, 0.2) is 0 Å². The summed E-state index contributed by atoms with van der Waals surface area (Å²) in [5, 5.41) is 9.57. The fraction of sp³-hybridized carbons (Fsp3) is 0.667. The molecule has 1 aliphatic rings. The Morgan fingerprint density at radius 3 is 3.08 bits per heavy atom. The lowest BCUT2D eigenvalue weighted by Gasteiger charge is -2.17. The molecule has 2 atom stereocenters. The first-order valence-corrected chi connectivity index (χ1v) is 5.17. The van der Waals surface area contributed by atoms with E-state index in [9.17, 15) is 5.11 Å². The van der Waals surface area contributed by atoms with Crippen molar-refractivity contribution in [2.75, 3.05) is 0 Å². The Labute approximate surface area is 80.9 Å². The third-order valence-corrected chi connectivity index (χ3v) is 2.31. The molecule has 0 radical (unpaired) electrons. The van der Waals surface area contributed by atoms with Crippen molar-refractivity contribution in [3.8, 4) is 11.8 Å². The second-order valence-corrected chi connectivity index (χ2v) is 3.52. The molecule has 1 heteroatoms. The monoisotopic (exact) mass is 178 g/mol. The van der Waals surface area contributed by atoms with Gasteiger partial charge in [-0.05, 0) is 19.3 Å². The van der Waals surface area contributed by atoms with Crippen molar-refractivity contribution >= 4 is 0 Å². The van der Waals surface area contributed by atoms with Crippen LogP contribution in [0.15, 0.2) is 12.2 Å². The van der Waals surface area contributed by atoms with Gasteiger partial charge in [0.05, 0.1) is 12.0 Å². The Kier molecular flexibility index (Phi) is 4.64. The molecule has 1 N–H and O–H groups in total. The van der Waals surface area contributed by atoms with E-state index >= 15 is 0 Å². The van der Waals surface area contributed by atoms with Crippen LogP contribution in [0.4, 0.5) is 0 Å². The molecule has 0 saturated heterocycles. The lowest BCUT2D eigenvalue weighted by Crippen LogP contribution is -2.19. The molecule has 0 aromatic heterocycles. The van der Waals surface area contributed by atoms with Crippen molar-refractivity contribution in [3.63, 3.8) is 0 Å². The zero-order valence-electron chi connectivity index (χ0n) is 8.29. The maximum absolute atomic E-state index is 9.57. The van der Waals surface area contributed by atoms with Gasteiger partial charge in [-0.1, -0.05) is 31.4 Å². The molecular formula is C12H18O. The number of hydrogen-bond donors (Lipinski definition) is 1. The highest BCUT2D eigenvalue weighted by Crippen LogP contribution is 2.16. The molecule has 0 heterocycles. The molecule has 0 bridgehead atoms. The van der Waals surface area contributed by atoms with E-state index in [1.165, 1.54) is 12.8 Å². The van der Waals surface area contributed by atoms with Crippen molar-refractivity contribution < 1.29 is 5.11 Å². The number of aliphatic hydroxyl groups excluding tert-OH is 1. The normalized spacial score (nSPS) is 26.6. The van der Waals surface area contributed by atoms with Crippen LogP contribution in [0.5, 0.6) is 0 Å². The van der Waals surface area contributed by atoms with E-state index in [2.05, 4.69) is 24.8 Å². The molecule has 0 aromatic rings. The van der Waals surface area contributed by atoms with Gasteiger partial charge in [0.25, 0.3) is 0 Å². The third-order valence-electron chi connectivity index (χ3n) is 2.31. The highest BCUT2D eigenvalue weighted by atomic mass is 16.3. The number of rotatable bonds is 2. The van der Waals surface area contributed by atoms with Gasteiger partial charge >= 0.3 is 0 Å². The first-order chi connectivity index (χ1) is 6.34. The molecule has 0 aromatic carbocycles. The maximum Gasteiger partial charge on any atom is 0.0715 e. The number of allylic oxidation sites excluding steroid dienone is 1. The molecule has 1 aliphatic carbocycles. The number of unbranched alkanes of at least 4 members (excludes halogenated alkanes) is 2. The summed E-state index contributed by atoms with van der Waals surface area (Å²) in [6, 6.07) is 0. The van der Waals surface area contributed by atoms with Crippen LogP contribution >= 0.6 is 0 Å². The SMILES string of the molecule is CCCCC#C[C@H]1C=CCC[C@@H]1O. The average Bonchev–Trinajstić information content (AvgIpc) is 2.15. The summed E-state index contributed by atoms with van der Waals surface area (Å²) in [4.78, 5) is 0. The van der Waals surface area contributed by atoms with Crippen molar-refractivity contribution in [2.45, 2.75) is 45.1 Å². The van der Waals surface area contributed by atoms with Crippen LogP contribution < -0.4 is 0 Å². The summed E-state index contributed by atoms with van der Waals surface area (Å²) >= 11 is 0. The second-order valence-electron chi connectivity index (χ2n) is 3.52. The Hall–Kier alpha value is -0.740. The smallest absolute Gasteiger partial charge is 0.0715 e. The van der Waals surface area contributed by atoms with Crippen LogP contribution in [-0.2, 0) is 0 Å². The molecule has 0 fully saturated rings. The summed E-state index contributed by atoms with van der Waals surface area (Å²) in [7, 11) is 0. The minimum absolute atomic E-state index is 0.0885. The van der Waals surface area contributed by atoms with Gasteiger partial charge in [-0.2, -0.15) is 0 Å². The molecule has 1 nitrogen and oxygen atoms in total. The van der Waals surface area contributed by atoms with Crippen LogP contribution in [0.3, 0.4) is 0 Å². The zero-order valence-corrected chi connectivity index (χ0v) is 8.29. The van der Waals surface area contributed by atoms with Crippen LogP contribution in [0.2, 0.25) is 0 Å². The largest absolute Gasteiger partial charge is 0.391 e. The predicted octanol–water partition coefficient (Wildman–Crippen LogP) is 2.51. The van der Waals surface area contributed by atoms with Crippen LogP contribution in [-0.4, -0.2) is 11.2 Å². The van der Waals surface area contributed by atoms with Gasteiger partial charge in [0, 0.05) is 6.42 Å². The Morgan fingerprint density at radius 2 is 2.38 bits per heavy atom. The van der Waals surface area contributed by atoms with E-state index < -0.39 is 0 Å². The lowest BCUT2D eigenvalue weighted by molar-refractivity contribution is 0.138. The molecule has 0 aliphatic heterocycles. The third kappa shape index (κ3) is 3.65. The summed E-state index contributed by atoms with van der Waals surface area (Å²) in [5.41, 5.74) is 0. The Morgan fingerprint density at radius 1 is 1.54 bits per heavy atom. The summed E-state index contributed by atoms with van der Waals surface area (Å²) in [5.74, 6) is 6.33. The standard InChI is InChI=1S/C12H18O/c1-2-3-4-5-8-11-9-6-7-10-12(11)13/h6,9,11-13H,2-4,7,10H2,1H3/t11-,12-/m0/s1. The quantitative estimate of drug-likeness (QED) is 0.391. The molecule has 72 valence electrons. The Bertz CT molecular complexity index is 219. The molecule has 0 amide bonds. The molecule has 0 spiro atoms. The predicted molar refractivity (Wildman–Crippen MR) is 55.2 cm³/mol. The minimum atomic E-state index is -0.237. The number of aliphatic hydroxyl groups is 1. The molecular weight excluding hydrogens is 160 g/mol.